The molecule has 0 aliphatic carbocycles. The predicted molar refractivity (Wildman–Crippen MR) is 103 cm³/mol. The molecule has 1 atom stereocenters. The zero-order valence-electron chi connectivity index (χ0n) is 14.9. The maximum atomic E-state index is 13.0. The number of nitrogens with zero attached hydrogens (tertiary/aromatic N) is 1. The second-order valence-electron chi connectivity index (χ2n) is 6.80. The molecule has 0 saturated carbocycles. The molecular weight excluding hydrogens is 364 g/mol. The Morgan fingerprint density at radius 1 is 1.08 bits per heavy atom. The zero-order valence-corrected chi connectivity index (χ0v) is 16.5. The van der Waals surface area contributed by atoms with Gasteiger partial charge in [0.05, 0.1) is 11.6 Å². The van der Waals surface area contributed by atoms with E-state index in [0.29, 0.717) is 5.56 Å². The first-order valence-electron chi connectivity index (χ1n) is 8.03. The number of hydrogen-bond donors (Lipinski definition) is 1. The van der Waals surface area contributed by atoms with E-state index in [1.807, 2.05) is 57.4 Å². The van der Waals surface area contributed by atoms with Crippen LogP contribution in [0.2, 0.25) is 0 Å². The lowest BCUT2D eigenvalue weighted by atomic mass is 9.87. The Kier molecular flexibility index (Phi) is 5.83. The molecule has 0 aliphatic rings. The minimum Gasteiger partial charge on any atom is -0.343 e. The average molecular weight is 389 g/mol. The van der Waals surface area contributed by atoms with Crippen LogP contribution in [0.4, 0.5) is 0 Å². The molecule has 3 nitrogen and oxygen atoms in total. The van der Waals surface area contributed by atoms with Crippen molar-refractivity contribution in [1.82, 2.24) is 10.2 Å². The number of nitrogens with one attached hydrogen (secondary N) is 1. The molecule has 2 rings (SSSR count). The van der Waals surface area contributed by atoms with Crippen molar-refractivity contribution in [3.8, 4) is 0 Å². The van der Waals surface area contributed by atoms with Crippen LogP contribution in [-0.4, -0.2) is 30.4 Å². The highest BCUT2D eigenvalue weighted by Gasteiger charge is 2.34. The van der Waals surface area contributed by atoms with Crippen LogP contribution in [0.3, 0.4) is 0 Å². The van der Waals surface area contributed by atoms with Crippen LogP contribution >= 0.6 is 15.9 Å². The van der Waals surface area contributed by atoms with Gasteiger partial charge in [-0.3, -0.25) is 4.79 Å². The fourth-order valence-corrected chi connectivity index (χ4v) is 3.34. The number of benzene rings is 2. The third kappa shape index (κ3) is 3.87. The van der Waals surface area contributed by atoms with Crippen molar-refractivity contribution in [1.29, 1.82) is 0 Å². The van der Waals surface area contributed by atoms with E-state index in [1.165, 1.54) is 0 Å². The van der Waals surface area contributed by atoms with E-state index in [1.54, 1.807) is 0 Å². The number of carbonyl (C=O) groups is 1. The molecule has 1 N–H and O–H groups in total. The van der Waals surface area contributed by atoms with Crippen LogP contribution in [-0.2, 0) is 0 Å². The predicted octanol–water partition coefficient (Wildman–Crippen LogP) is 4.57. The fraction of sp³-hybridized carbons (Fsp3) is 0.350. The van der Waals surface area contributed by atoms with E-state index >= 15 is 0 Å². The summed E-state index contributed by atoms with van der Waals surface area (Å²) >= 11 is 3.50. The van der Waals surface area contributed by atoms with Crippen LogP contribution in [0.1, 0.15) is 41.4 Å². The van der Waals surface area contributed by atoms with Gasteiger partial charge in [-0.2, -0.15) is 0 Å². The summed E-state index contributed by atoms with van der Waals surface area (Å²) in [5, 5.41) is 3.24. The Morgan fingerprint density at radius 2 is 1.71 bits per heavy atom. The molecular formula is C20H25BrN2O. The maximum Gasteiger partial charge on any atom is 0.253 e. The Bertz CT molecular complexity index is 691. The number of rotatable bonds is 5. The zero-order chi connectivity index (χ0) is 17.9. The molecule has 24 heavy (non-hydrogen) atoms. The lowest BCUT2D eigenvalue weighted by molar-refractivity contribution is 0.0839. The second-order valence-corrected chi connectivity index (χ2v) is 7.65. The summed E-state index contributed by atoms with van der Waals surface area (Å²) in [5.74, 6) is -0.0660. The molecule has 2 aromatic carbocycles. The third-order valence-corrected chi connectivity index (χ3v) is 5.38. The smallest absolute Gasteiger partial charge is 0.253 e. The highest BCUT2D eigenvalue weighted by Crippen LogP contribution is 2.30. The summed E-state index contributed by atoms with van der Waals surface area (Å²) in [5.41, 5.74) is 2.49. The van der Waals surface area contributed by atoms with Gasteiger partial charge >= 0.3 is 0 Å². The molecule has 4 heteroatoms. The van der Waals surface area contributed by atoms with E-state index < -0.39 is 0 Å². The highest BCUT2D eigenvalue weighted by atomic mass is 79.9. The van der Waals surface area contributed by atoms with Gasteiger partial charge in [0.25, 0.3) is 5.91 Å². The topological polar surface area (TPSA) is 32.3 Å². The second kappa shape index (κ2) is 7.49. The lowest BCUT2D eigenvalue weighted by Crippen LogP contribution is -2.50. The number of aryl methyl sites for hydroxylation is 1. The van der Waals surface area contributed by atoms with Gasteiger partial charge in [0.15, 0.2) is 0 Å². The van der Waals surface area contributed by atoms with Crippen LogP contribution in [0.15, 0.2) is 53.0 Å². The SMILES string of the molecule is Cc1cccc(Br)c1C(=O)NC(c1ccccc1)C(C)(C)N(C)C. The first kappa shape index (κ1) is 18.7. The number of likely N-dealkylation sites (N-methyl/N-ethyl adjacent to an activating group) is 1. The van der Waals surface area contributed by atoms with Gasteiger partial charge in [-0.15, -0.1) is 0 Å². The Morgan fingerprint density at radius 3 is 2.25 bits per heavy atom. The largest absolute Gasteiger partial charge is 0.343 e. The summed E-state index contributed by atoms with van der Waals surface area (Å²) in [7, 11) is 4.07. The molecule has 0 fully saturated rings. The molecule has 2 aromatic rings. The summed E-state index contributed by atoms with van der Waals surface area (Å²) in [6, 6.07) is 15.8. The van der Waals surface area contributed by atoms with Crippen molar-refractivity contribution in [2.75, 3.05) is 14.1 Å². The van der Waals surface area contributed by atoms with Crippen molar-refractivity contribution in [2.24, 2.45) is 0 Å². The van der Waals surface area contributed by atoms with Crippen molar-refractivity contribution >= 4 is 21.8 Å². The van der Waals surface area contributed by atoms with Gasteiger partial charge in [-0.05, 0) is 68.0 Å². The maximum absolute atomic E-state index is 13.0. The van der Waals surface area contributed by atoms with Crippen molar-refractivity contribution in [3.63, 3.8) is 0 Å². The van der Waals surface area contributed by atoms with E-state index in [2.05, 4.69) is 52.1 Å². The molecule has 1 unspecified atom stereocenters. The van der Waals surface area contributed by atoms with Crippen LogP contribution in [0, 0.1) is 6.92 Å². The van der Waals surface area contributed by atoms with Crippen LogP contribution < -0.4 is 5.32 Å². The lowest BCUT2D eigenvalue weighted by Gasteiger charge is -2.41. The summed E-state index contributed by atoms with van der Waals surface area (Å²) < 4.78 is 0.814. The van der Waals surface area contributed by atoms with Crippen LogP contribution in [0.25, 0.3) is 0 Å². The van der Waals surface area contributed by atoms with Crippen molar-refractivity contribution < 1.29 is 4.79 Å². The fourth-order valence-electron chi connectivity index (χ4n) is 2.69. The summed E-state index contributed by atoms with van der Waals surface area (Å²) in [6.07, 6.45) is 0. The highest BCUT2D eigenvalue weighted by molar-refractivity contribution is 9.10. The standard InChI is InChI=1S/C20H25BrN2O/c1-14-10-9-13-16(21)17(14)19(24)22-18(20(2,3)23(4)5)15-11-7-6-8-12-15/h6-13,18H,1-5H3,(H,22,24). The van der Waals surface area contributed by atoms with Crippen LogP contribution in [0.5, 0.6) is 0 Å². The van der Waals surface area contributed by atoms with Gasteiger partial charge in [-0.25, -0.2) is 0 Å². The summed E-state index contributed by atoms with van der Waals surface area (Å²) in [6.45, 7) is 6.23. The molecule has 0 spiro atoms. The number of hydrogen-bond acceptors (Lipinski definition) is 2. The first-order valence-corrected chi connectivity index (χ1v) is 8.82. The number of amides is 1. The molecule has 0 saturated heterocycles. The molecule has 0 radical (unpaired) electrons. The van der Waals surface area contributed by atoms with E-state index in [9.17, 15) is 4.79 Å². The molecule has 0 aliphatic heterocycles. The van der Waals surface area contributed by atoms with E-state index in [0.717, 1.165) is 15.6 Å². The van der Waals surface area contributed by atoms with Crippen molar-refractivity contribution in [2.45, 2.75) is 32.4 Å². The van der Waals surface area contributed by atoms with Gasteiger partial charge in [0.1, 0.15) is 0 Å². The van der Waals surface area contributed by atoms with Crippen molar-refractivity contribution in [3.05, 3.63) is 69.7 Å². The Balaban J connectivity index is 2.41. The number of carbonyl (C=O) groups excluding carboxylic acids is 1. The monoisotopic (exact) mass is 388 g/mol. The number of halogens is 1. The minimum atomic E-state index is -0.244. The molecule has 0 heterocycles. The molecule has 0 bridgehead atoms. The van der Waals surface area contributed by atoms with Gasteiger partial charge < -0.3 is 10.2 Å². The molecule has 128 valence electrons. The quantitative estimate of drug-likeness (QED) is 0.813. The van der Waals surface area contributed by atoms with Gasteiger partial charge in [0, 0.05) is 10.0 Å². The minimum absolute atomic E-state index is 0.0660. The van der Waals surface area contributed by atoms with Gasteiger partial charge in [-0.1, -0.05) is 42.5 Å². The first-order chi connectivity index (χ1) is 11.2. The Labute approximate surface area is 153 Å². The normalized spacial score (nSPS) is 13.0. The molecule has 1 amide bonds. The van der Waals surface area contributed by atoms with Gasteiger partial charge in [0.2, 0.25) is 0 Å². The third-order valence-electron chi connectivity index (χ3n) is 4.72. The average Bonchev–Trinajstić information content (AvgIpc) is 2.53. The Hall–Kier alpha value is -1.65. The summed E-state index contributed by atoms with van der Waals surface area (Å²) in [4.78, 5) is 15.1. The van der Waals surface area contributed by atoms with E-state index in [-0.39, 0.29) is 17.5 Å². The van der Waals surface area contributed by atoms with E-state index in [4.69, 9.17) is 0 Å². The molecule has 0 aromatic heterocycles.